The largest absolute Gasteiger partial charge is 0.493 e. The molecule has 2 fully saturated rings. The third-order valence-corrected chi connectivity index (χ3v) is 8.29. The maximum absolute atomic E-state index is 13.1. The van der Waals surface area contributed by atoms with Crippen molar-refractivity contribution < 1.29 is 28.6 Å². The van der Waals surface area contributed by atoms with Gasteiger partial charge in [-0.2, -0.15) is 0 Å². The van der Waals surface area contributed by atoms with E-state index in [1.54, 1.807) is 36.0 Å². The molecule has 45 heavy (non-hydrogen) atoms. The number of benzene rings is 2. The van der Waals surface area contributed by atoms with Crippen molar-refractivity contribution in [3.63, 3.8) is 0 Å². The van der Waals surface area contributed by atoms with Gasteiger partial charge in [-0.3, -0.25) is 19.4 Å². The first-order valence-electron chi connectivity index (χ1n) is 15.3. The Kier molecular flexibility index (Phi) is 9.01. The molecule has 2 aromatic carbocycles. The standard InChI is InChI=1S/C33H38N6O6/c1-37-21-23(17-28(37)32(41)36-22-7-9-24(10-8-22)38-12-15-44-16-13-38)35-31(40)6-4-14-45-30-19-27-26(18-29(30)43-2)33(42)39-11-3-5-25(39)20-34-27/h7-10,17-21,25H,3-6,11-16H2,1-2H3,(H,35,40)(H,36,41)/t25-/m0/s1. The monoisotopic (exact) mass is 614 g/mol. The Morgan fingerprint density at radius 3 is 2.60 bits per heavy atom. The number of methoxy groups -OCH3 is 1. The predicted molar refractivity (Wildman–Crippen MR) is 171 cm³/mol. The number of carbonyl (C=O) groups excluding carboxylic acids is 3. The van der Waals surface area contributed by atoms with E-state index < -0.39 is 0 Å². The van der Waals surface area contributed by atoms with Crippen molar-refractivity contribution in [3.05, 3.63) is 59.9 Å². The van der Waals surface area contributed by atoms with Crippen molar-refractivity contribution in [1.29, 1.82) is 0 Å². The molecule has 1 aromatic heterocycles. The number of rotatable bonds is 10. The Morgan fingerprint density at radius 2 is 1.82 bits per heavy atom. The molecule has 0 aliphatic carbocycles. The van der Waals surface area contributed by atoms with Crippen molar-refractivity contribution >= 4 is 46.7 Å². The number of anilines is 3. The maximum Gasteiger partial charge on any atom is 0.272 e. The highest BCUT2D eigenvalue weighted by Crippen LogP contribution is 2.38. The minimum Gasteiger partial charge on any atom is -0.493 e. The van der Waals surface area contributed by atoms with E-state index in [0.717, 1.165) is 38.2 Å². The number of nitrogens with zero attached hydrogens (tertiary/aromatic N) is 4. The highest BCUT2D eigenvalue weighted by molar-refractivity contribution is 6.05. The smallest absolute Gasteiger partial charge is 0.272 e. The Labute approximate surface area is 261 Å². The lowest BCUT2D eigenvalue weighted by atomic mass is 10.1. The second-order valence-corrected chi connectivity index (χ2v) is 11.3. The van der Waals surface area contributed by atoms with Gasteiger partial charge < -0.3 is 39.2 Å². The first-order valence-corrected chi connectivity index (χ1v) is 15.3. The van der Waals surface area contributed by atoms with Crippen molar-refractivity contribution in [2.24, 2.45) is 12.0 Å². The molecule has 12 heteroatoms. The summed E-state index contributed by atoms with van der Waals surface area (Å²) < 4.78 is 18.5. The van der Waals surface area contributed by atoms with Crippen molar-refractivity contribution in [1.82, 2.24) is 9.47 Å². The summed E-state index contributed by atoms with van der Waals surface area (Å²) >= 11 is 0. The average Bonchev–Trinajstić information content (AvgIpc) is 3.65. The van der Waals surface area contributed by atoms with Crippen molar-refractivity contribution in [3.8, 4) is 11.5 Å². The molecule has 3 amide bonds. The number of aryl methyl sites for hydroxylation is 1. The zero-order valence-electron chi connectivity index (χ0n) is 25.6. The van der Waals surface area contributed by atoms with Gasteiger partial charge in [0.05, 0.1) is 49.9 Å². The van der Waals surface area contributed by atoms with Gasteiger partial charge in [0.1, 0.15) is 5.69 Å². The number of aliphatic imine (C=N–C) groups is 1. The minimum atomic E-state index is -0.272. The van der Waals surface area contributed by atoms with Crippen LogP contribution in [-0.4, -0.2) is 86.0 Å². The predicted octanol–water partition coefficient (Wildman–Crippen LogP) is 4.24. The second-order valence-electron chi connectivity index (χ2n) is 11.3. The normalized spacial score (nSPS) is 17.4. The number of morpholine rings is 1. The molecule has 3 aromatic rings. The summed E-state index contributed by atoms with van der Waals surface area (Å²) in [6, 6.07) is 12.8. The Balaban J connectivity index is 0.992. The zero-order chi connectivity index (χ0) is 31.3. The first kappa shape index (κ1) is 30.2. The molecule has 0 unspecified atom stereocenters. The van der Waals surface area contributed by atoms with E-state index in [1.165, 1.54) is 7.11 Å². The van der Waals surface area contributed by atoms with Gasteiger partial charge in [-0.15, -0.1) is 0 Å². The van der Waals surface area contributed by atoms with Crippen LogP contribution in [0.1, 0.15) is 46.5 Å². The van der Waals surface area contributed by atoms with E-state index >= 15 is 0 Å². The molecule has 2 saturated heterocycles. The molecule has 6 rings (SSSR count). The average molecular weight is 615 g/mol. The summed E-state index contributed by atoms with van der Waals surface area (Å²) in [7, 11) is 3.29. The van der Waals surface area contributed by atoms with Crippen LogP contribution >= 0.6 is 0 Å². The molecule has 1 atom stereocenters. The van der Waals surface area contributed by atoms with Gasteiger partial charge in [-0.1, -0.05) is 0 Å². The van der Waals surface area contributed by atoms with Crippen LogP contribution in [0.2, 0.25) is 0 Å². The molecule has 3 aliphatic rings. The number of nitrogens with one attached hydrogen (secondary N) is 2. The summed E-state index contributed by atoms with van der Waals surface area (Å²) in [6.45, 7) is 4.10. The number of amides is 3. The number of hydrogen-bond acceptors (Lipinski definition) is 8. The molecule has 12 nitrogen and oxygen atoms in total. The number of aromatic nitrogens is 1. The number of carbonyl (C=O) groups is 3. The zero-order valence-corrected chi connectivity index (χ0v) is 25.6. The van der Waals surface area contributed by atoms with E-state index in [0.29, 0.717) is 59.5 Å². The number of hydrogen-bond donors (Lipinski definition) is 2. The molecule has 236 valence electrons. The van der Waals surface area contributed by atoms with E-state index in [2.05, 4.69) is 20.5 Å². The van der Waals surface area contributed by atoms with Crippen LogP contribution in [0, 0.1) is 0 Å². The SMILES string of the molecule is COc1cc2c(cc1OCCCC(=O)Nc1cc(C(=O)Nc3ccc(N4CCOCC4)cc3)n(C)c1)N=C[C@@H]1CCCN1C2=O. The van der Waals surface area contributed by atoms with Gasteiger partial charge in [0.25, 0.3) is 11.8 Å². The summed E-state index contributed by atoms with van der Waals surface area (Å²) in [5.41, 5.74) is 3.78. The van der Waals surface area contributed by atoms with Crippen LogP contribution in [0.4, 0.5) is 22.7 Å². The molecule has 0 spiro atoms. The van der Waals surface area contributed by atoms with Crippen LogP contribution in [0.15, 0.2) is 53.7 Å². The van der Waals surface area contributed by atoms with Gasteiger partial charge in [0.15, 0.2) is 11.5 Å². The van der Waals surface area contributed by atoms with E-state index in [1.807, 2.05) is 35.4 Å². The summed E-state index contributed by atoms with van der Waals surface area (Å²) in [5.74, 6) is 0.401. The Bertz CT molecular complexity index is 1590. The number of fused-ring (bicyclic) bond motifs is 2. The Morgan fingerprint density at radius 1 is 1.02 bits per heavy atom. The summed E-state index contributed by atoms with van der Waals surface area (Å²) in [6.07, 6.45) is 6.08. The van der Waals surface area contributed by atoms with E-state index in [9.17, 15) is 14.4 Å². The van der Waals surface area contributed by atoms with Crippen LogP contribution in [-0.2, 0) is 16.6 Å². The molecule has 2 N–H and O–H groups in total. The van der Waals surface area contributed by atoms with Crippen molar-refractivity contribution in [2.75, 3.05) is 62.1 Å². The van der Waals surface area contributed by atoms with E-state index in [-0.39, 0.29) is 36.8 Å². The fourth-order valence-corrected chi connectivity index (χ4v) is 5.89. The third-order valence-electron chi connectivity index (χ3n) is 8.29. The fraction of sp³-hybridized carbons (Fsp3) is 0.394. The molecule has 4 heterocycles. The molecule has 0 bridgehead atoms. The molecular formula is C33H38N6O6. The summed E-state index contributed by atoms with van der Waals surface area (Å²) in [5, 5.41) is 5.79. The fourth-order valence-electron chi connectivity index (χ4n) is 5.89. The molecule has 3 aliphatic heterocycles. The van der Waals surface area contributed by atoms with Gasteiger partial charge in [-0.05, 0) is 55.7 Å². The van der Waals surface area contributed by atoms with Gasteiger partial charge >= 0.3 is 0 Å². The highest BCUT2D eigenvalue weighted by atomic mass is 16.5. The van der Waals surface area contributed by atoms with Crippen LogP contribution < -0.4 is 25.0 Å². The Hall–Kier alpha value is -4.84. The lowest BCUT2D eigenvalue weighted by molar-refractivity contribution is -0.116. The van der Waals surface area contributed by atoms with Crippen LogP contribution in [0.5, 0.6) is 11.5 Å². The number of ether oxygens (including phenoxy) is 3. The molecule has 0 radical (unpaired) electrons. The van der Waals surface area contributed by atoms with Crippen LogP contribution in [0.3, 0.4) is 0 Å². The molecular weight excluding hydrogens is 576 g/mol. The lowest BCUT2D eigenvalue weighted by Gasteiger charge is -2.28. The topological polar surface area (TPSA) is 127 Å². The van der Waals surface area contributed by atoms with Gasteiger partial charge in [0.2, 0.25) is 5.91 Å². The first-order chi connectivity index (χ1) is 21.9. The van der Waals surface area contributed by atoms with E-state index in [4.69, 9.17) is 14.2 Å². The second kappa shape index (κ2) is 13.4. The van der Waals surface area contributed by atoms with Gasteiger partial charge in [0, 0.05) is 63.0 Å². The molecule has 0 saturated carbocycles. The quantitative estimate of drug-likeness (QED) is 0.327. The lowest BCUT2D eigenvalue weighted by Crippen LogP contribution is -2.36. The minimum absolute atomic E-state index is 0.0204. The van der Waals surface area contributed by atoms with Gasteiger partial charge in [-0.25, -0.2) is 0 Å². The maximum atomic E-state index is 13.1. The third kappa shape index (κ3) is 6.80. The summed E-state index contributed by atoms with van der Waals surface area (Å²) in [4.78, 5) is 47.4. The highest BCUT2D eigenvalue weighted by Gasteiger charge is 2.32. The van der Waals surface area contributed by atoms with Crippen LogP contribution in [0.25, 0.3) is 0 Å². The van der Waals surface area contributed by atoms with Crippen molar-refractivity contribution in [2.45, 2.75) is 31.7 Å².